The van der Waals surface area contributed by atoms with E-state index in [0.29, 0.717) is 23.8 Å². The first-order chi connectivity index (χ1) is 9.92. The Hall–Kier alpha value is -2.77. The molecule has 110 valence electrons. The minimum absolute atomic E-state index is 0.102. The largest absolute Gasteiger partial charge is 0.338 e. The third-order valence-corrected chi connectivity index (χ3v) is 2.76. The van der Waals surface area contributed by atoms with Gasteiger partial charge in [0.15, 0.2) is 0 Å². The van der Waals surface area contributed by atoms with Crippen LogP contribution < -0.4 is 10.6 Å². The number of carbonyl (C=O) groups is 2. The van der Waals surface area contributed by atoms with Crippen LogP contribution in [-0.4, -0.2) is 39.9 Å². The molecule has 0 saturated carbocycles. The Labute approximate surface area is 121 Å². The van der Waals surface area contributed by atoms with E-state index in [1.807, 2.05) is 6.92 Å². The predicted molar refractivity (Wildman–Crippen MR) is 79.7 cm³/mol. The second kappa shape index (κ2) is 5.70. The Kier molecular flexibility index (Phi) is 3.97. The van der Waals surface area contributed by atoms with Crippen LogP contribution in [0.3, 0.4) is 0 Å². The van der Waals surface area contributed by atoms with E-state index in [1.165, 1.54) is 4.68 Å². The van der Waals surface area contributed by atoms with Crippen molar-refractivity contribution in [3.63, 3.8) is 0 Å². The summed E-state index contributed by atoms with van der Waals surface area (Å²) >= 11 is 0. The summed E-state index contributed by atoms with van der Waals surface area (Å²) in [4.78, 5) is 31.4. The van der Waals surface area contributed by atoms with Crippen LogP contribution in [-0.2, 0) is 4.79 Å². The van der Waals surface area contributed by atoms with Crippen molar-refractivity contribution < 1.29 is 9.59 Å². The third-order valence-electron chi connectivity index (χ3n) is 2.76. The lowest BCUT2D eigenvalue weighted by Gasteiger charge is -2.12. The van der Waals surface area contributed by atoms with Gasteiger partial charge in [0.25, 0.3) is 11.9 Å². The van der Waals surface area contributed by atoms with Gasteiger partial charge in [0, 0.05) is 12.6 Å². The molecule has 2 N–H and O–H groups in total. The second-order valence-electron chi connectivity index (χ2n) is 4.46. The zero-order chi connectivity index (χ0) is 15.6. The number of nitrogens with one attached hydrogen (secondary N) is 2. The Morgan fingerprint density at radius 2 is 2.10 bits per heavy atom. The molecule has 0 fully saturated rings. The molecule has 1 aliphatic rings. The number of aryl methyl sites for hydroxylation is 1. The Bertz CT molecular complexity index is 683. The molecule has 1 aliphatic heterocycles. The molecule has 0 unspecified atom stereocenters. The van der Waals surface area contributed by atoms with Gasteiger partial charge >= 0.3 is 6.03 Å². The van der Waals surface area contributed by atoms with Gasteiger partial charge in [-0.3, -0.25) is 10.1 Å². The molecule has 2 heterocycles. The molecule has 8 heteroatoms. The summed E-state index contributed by atoms with van der Waals surface area (Å²) in [5.74, 6) is 0.0217. The van der Waals surface area contributed by atoms with Crippen LogP contribution in [0, 0.1) is 6.92 Å². The molecule has 0 saturated heterocycles. The number of hydrogen-bond acceptors (Lipinski definition) is 4. The smallest absolute Gasteiger partial charge is 0.320 e. The highest BCUT2D eigenvalue weighted by Gasteiger charge is 2.21. The van der Waals surface area contributed by atoms with Crippen LogP contribution in [0.5, 0.6) is 0 Å². The van der Waals surface area contributed by atoms with Gasteiger partial charge in [-0.2, -0.15) is 14.8 Å². The van der Waals surface area contributed by atoms with E-state index in [9.17, 15) is 9.59 Å². The molecular weight excluding hydrogens is 272 g/mol. The number of hydrogen-bond donors (Lipinski definition) is 2. The first-order valence-corrected chi connectivity index (χ1v) is 6.42. The molecule has 0 spiro atoms. The molecule has 0 aliphatic carbocycles. The van der Waals surface area contributed by atoms with Crippen molar-refractivity contribution in [1.29, 1.82) is 0 Å². The van der Waals surface area contributed by atoms with E-state index in [2.05, 4.69) is 32.3 Å². The lowest BCUT2D eigenvalue weighted by atomic mass is 10.2. The molecule has 0 aromatic carbocycles. The Balaban J connectivity index is 2.37. The summed E-state index contributed by atoms with van der Waals surface area (Å²) in [5, 5.41) is 9.44. The summed E-state index contributed by atoms with van der Waals surface area (Å²) in [6.45, 7) is 9.35. The first-order valence-electron chi connectivity index (χ1n) is 6.42. The van der Waals surface area contributed by atoms with Crippen molar-refractivity contribution in [1.82, 2.24) is 15.1 Å². The number of aliphatic imine (C=N–C) groups is 2. The number of carbonyl (C=O) groups excluding carboxylic acids is 2. The Morgan fingerprint density at radius 1 is 1.38 bits per heavy atom. The van der Waals surface area contributed by atoms with E-state index in [-0.39, 0.29) is 17.6 Å². The van der Waals surface area contributed by atoms with Crippen LogP contribution in [0.25, 0.3) is 0 Å². The van der Waals surface area contributed by atoms with E-state index in [4.69, 9.17) is 0 Å². The molecular formula is C13H16N6O2. The maximum atomic E-state index is 11.7. The molecule has 3 amide bonds. The van der Waals surface area contributed by atoms with Crippen LogP contribution >= 0.6 is 0 Å². The second-order valence-corrected chi connectivity index (χ2v) is 4.46. The fourth-order valence-electron chi connectivity index (χ4n) is 1.71. The molecule has 1 aromatic heterocycles. The minimum Gasteiger partial charge on any atom is -0.338 e. The molecule has 0 bridgehead atoms. The van der Waals surface area contributed by atoms with Crippen LogP contribution in [0.2, 0.25) is 0 Å². The molecule has 1 aromatic rings. The van der Waals surface area contributed by atoms with E-state index >= 15 is 0 Å². The number of nitrogens with zero attached hydrogens (tertiary/aromatic N) is 4. The average Bonchev–Trinajstić information content (AvgIpc) is 2.76. The van der Waals surface area contributed by atoms with Crippen molar-refractivity contribution in [3.8, 4) is 0 Å². The quantitative estimate of drug-likeness (QED) is 0.796. The fraction of sp³-hybridized carbons (Fsp3) is 0.308. The maximum absolute atomic E-state index is 11.7. The molecule has 21 heavy (non-hydrogen) atoms. The van der Waals surface area contributed by atoms with Gasteiger partial charge in [0.1, 0.15) is 5.82 Å². The lowest BCUT2D eigenvalue weighted by Crippen LogP contribution is -2.31. The van der Waals surface area contributed by atoms with Crippen molar-refractivity contribution >= 4 is 29.4 Å². The predicted octanol–water partition coefficient (Wildman–Crippen LogP) is 1.09. The number of rotatable bonds is 2. The summed E-state index contributed by atoms with van der Waals surface area (Å²) in [6, 6.07) is 1.29. The summed E-state index contributed by atoms with van der Waals surface area (Å²) in [5.41, 5.74) is 1.39. The third kappa shape index (κ3) is 3.04. The SMILES string of the molecule is C=C1C(=O)N=C(n2nc(C)cc2NC(=O)NCC)N=C1C. The summed E-state index contributed by atoms with van der Waals surface area (Å²) < 4.78 is 1.32. The van der Waals surface area contributed by atoms with Gasteiger partial charge in [-0.15, -0.1) is 0 Å². The van der Waals surface area contributed by atoms with Crippen molar-refractivity contribution in [2.75, 3.05) is 11.9 Å². The molecule has 0 radical (unpaired) electrons. The molecule has 0 atom stereocenters. The van der Waals surface area contributed by atoms with E-state index in [0.717, 1.165) is 0 Å². The highest BCUT2D eigenvalue weighted by atomic mass is 16.2. The maximum Gasteiger partial charge on any atom is 0.320 e. The van der Waals surface area contributed by atoms with Gasteiger partial charge in [0.05, 0.1) is 17.0 Å². The number of urea groups is 1. The first kappa shape index (κ1) is 14.6. The average molecular weight is 288 g/mol. The van der Waals surface area contributed by atoms with Gasteiger partial charge in [-0.25, -0.2) is 9.79 Å². The van der Waals surface area contributed by atoms with Gasteiger partial charge < -0.3 is 5.32 Å². The van der Waals surface area contributed by atoms with Crippen LogP contribution in [0.1, 0.15) is 19.5 Å². The molecule has 2 rings (SSSR count). The van der Waals surface area contributed by atoms with Crippen LogP contribution in [0.4, 0.5) is 10.6 Å². The standard InChI is InChI=1S/C13H16N6O2/c1-5-14-13(21)16-10-6-7(2)18-19(10)12-15-9(4)8(3)11(20)17-12/h6H,3,5H2,1-2,4H3,(H2,14,16,21). The van der Waals surface area contributed by atoms with Crippen molar-refractivity contribution in [3.05, 3.63) is 23.9 Å². The van der Waals surface area contributed by atoms with Crippen molar-refractivity contribution in [2.45, 2.75) is 20.8 Å². The van der Waals surface area contributed by atoms with E-state index < -0.39 is 5.91 Å². The normalized spacial score (nSPS) is 14.6. The summed E-state index contributed by atoms with van der Waals surface area (Å²) in [7, 11) is 0. The highest BCUT2D eigenvalue weighted by molar-refractivity contribution is 6.27. The van der Waals surface area contributed by atoms with Gasteiger partial charge in [-0.05, 0) is 20.8 Å². The number of amides is 3. The van der Waals surface area contributed by atoms with Crippen LogP contribution in [0.15, 0.2) is 28.2 Å². The Morgan fingerprint density at radius 3 is 2.71 bits per heavy atom. The summed E-state index contributed by atoms with van der Waals surface area (Å²) in [6.07, 6.45) is 0. The number of anilines is 1. The molecule has 8 nitrogen and oxygen atoms in total. The highest BCUT2D eigenvalue weighted by Crippen LogP contribution is 2.14. The van der Waals surface area contributed by atoms with Crippen molar-refractivity contribution in [2.24, 2.45) is 9.98 Å². The topological polar surface area (TPSA) is 101 Å². The van der Waals surface area contributed by atoms with E-state index in [1.54, 1.807) is 19.9 Å². The van der Waals surface area contributed by atoms with Gasteiger partial charge in [0.2, 0.25) is 0 Å². The van der Waals surface area contributed by atoms with Gasteiger partial charge in [-0.1, -0.05) is 6.58 Å². The number of aromatic nitrogens is 2. The zero-order valence-electron chi connectivity index (χ0n) is 12.1. The lowest BCUT2D eigenvalue weighted by molar-refractivity contribution is -0.113. The fourth-order valence-corrected chi connectivity index (χ4v) is 1.71. The minimum atomic E-state index is -0.463. The zero-order valence-corrected chi connectivity index (χ0v) is 12.1. The monoisotopic (exact) mass is 288 g/mol.